The molecule has 3 amide bonds. The Morgan fingerprint density at radius 3 is 2.71 bits per heavy atom. The number of carbonyl (C=O) groups excluding carboxylic acids is 2. The molecule has 7 heteroatoms. The van der Waals surface area contributed by atoms with E-state index in [4.69, 9.17) is 10.5 Å². The molecular weight excluding hydrogens is 338 g/mol. The lowest BCUT2D eigenvalue weighted by Gasteiger charge is -2.36. The van der Waals surface area contributed by atoms with Gasteiger partial charge in [-0.05, 0) is 24.6 Å². The average Bonchev–Trinajstić information content (AvgIpc) is 2.46. The maximum Gasteiger partial charge on any atom is 0.318 e. The highest BCUT2D eigenvalue weighted by Gasteiger charge is 2.29. The molecule has 0 aliphatic carbocycles. The van der Waals surface area contributed by atoms with Gasteiger partial charge in [0.15, 0.2) is 0 Å². The summed E-state index contributed by atoms with van der Waals surface area (Å²) in [5, 5.41) is 2.11. The van der Waals surface area contributed by atoms with Crippen LogP contribution in [0.25, 0.3) is 0 Å². The summed E-state index contributed by atoms with van der Waals surface area (Å²) >= 11 is 3.40. The Hall–Kier alpha value is -1.44. The number of nitrogens with two attached hydrogens (primary N) is 1. The molecule has 0 saturated carbocycles. The summed E-state index contributed by atoms with van der Waals surface area (Å²) in [6.07, 6.45) is -0.0873. The van der Waals surface area contributed by atoms with Crippen LogP contribution in [0.2, 0.25) is 0 Å². The SMILES string of the molecule is C[C@H](C(=O)NC(N)=O)N1CCO[C@H](c2ccc(Br)cc2)C1. The van der Waals surface area contributed by atoms with Gasteiger partial charge >= 0.3 is 6.03 Å². The minimum Gasteiger partial charge on any atom is -0.371 e. The van der Waals surface area contributed by atoms with Gasteiger partial charge in [0.25, 0.3) is 0 Å². The van der Waals surface area contributed by atoms with Gasteiger partial charge in [0, 0.05) is 17.6 Å². The Morgan fingerprint density at radius 1 is 1.43 bits per heavy atom. The van der Waals surface area contributed by atoms with Crippen LogP contribution in [0.15, 0.2) is 28.7 Å². The normalized spacial score (nSPS) is 20.8. The number of rotatable bonds is 3. The maximum absolute atomic E-state index is 11.8. The van der Waals surface area contributed by atoms with E-state index in [1.807, 2.05) is 29.2 Å². The quantitative estimate of drug-likeness (QED) is 0.858. The monoisotopic (exact) mass is 355 g/mol. The molecule has 1 aliphatic heterocycles. The number of nitrogens with zero attached hydrogens (tertiary/aromatic N) is 1. The predicted molar refractivity (Wildman–Crippen MR) is 81.6 cm³/mol. The van der Waals surface area contributed by atoms with Gasteiger partial charge in [-0.25, -0.2) is 4.79 Å². The Bertz CT molecular complexity index is 521. The highest BCUT2D eigenvalue weighted by atomic mass is 79.9. The van der Waals surface area contributed by atoms with Gasteiger partial charge in [-0.2, -0.15) is 0 Å². The van der Waals surface area contributed by atoms with Gasteiger partial charge in [0.2, 0.25) is 5.91 Å². The predicted octanol–water partition coefficient (Wildman–Crippen LogP) is 1.41. The molecule has 1 aromatic rings. The molecule has 21 heavy (non-hydrogen) atoms. The molecule has 1 saturated heterocycles. The fourth-order valence-electron chi connectivity index (χ4n) is 2.29. The van der Waals surface area contributed by atoms with Crippen LogP contribution in [0, 0.1) is 0 Å². The van der Waals surface area contributed by atoms with Crippen molar-refractivity contribution in [2.45, 2.75) is 19.1 Å². The molecule has 1 fully saturated rings. The molecule has 114 valence electrons. The van der Waals surface area contributed by atoms with Crippen LogP contribution in [-0.4, -0.2) is 42.6 Å². The number of ether oxygens (including phenoxy) is 1. The van der Waals surface area contributed by atoms with E-state index in [1.54, 1.807) is 6.92 Å². The Labute approximate surface area is 131 Å². The van der Waals surface area contributed by atoms with Gasteiger partial charge in [-0.15, -0.1) is 0 Å². The van der Waals surface area contributed by atoms with E-state index in [0.717, 1.165) is 10.0 Å². The molecule has 2 atom stereocenters. The summed E-state index contributed by atoms with van der Waals surface area (Å²) in [6.45, 7) is 3.52. The minimum absolute atomic E-state index is 0.0873. The summed E-state index contributed by atoms with van der Waals surface area (Å²) in [5.41, 5.74) is 6.04. The summed E-state index contributed by atoms with van der Waals surface area (Å²) in [7, 11) is 0. The van der Waals surface area contributed by atoms with Gasteiger partial charge < -0.3 is 10.5 Å². The number of urea groups is 1. The lowest BCUT2D eigenvalue weighted by molar-refractivity contribution is -0.128. The van der Waals surface area contributed by atoms with Gasteiger partial charge in [0.05, 0.1) is 18.8 Å². The number of morpholine rings is 1. The zero-order valence-electron chi connectivity index (χ0n) is 11.7. The first-order chi connectivity index (χ1) is 9.97. The second-order valence-corrected chi connectivity index (χ2v) is 5.85. The van der Waals surface area contributed by atoms with Crippen molar-refractivity contribution < 1.29 is 14.3 Å². The number of hydrogen-bond donors (Lipinski definition) is 2. The van der Waals surface area contributed by atoms with E-state index in [1.165, 1.54) is 0 Å². The van der Waals surface area contributed by atoms with E-state index < -0.39 is 12.1 Å². The molecule has 0 bridgehead atoms. The fourth-order valence-corrected chi connectivity index (χ4v) is 2.56. The third-order valence-electron chi connectivity index (χ3n) is 3.51. The van der Waals surface area contributed by atoms with Gasteiger partial charge in [-0.3, -0.25) is 15.0 Å². The minimum atomic E-state index is -0.829. The smallest absolute Gasteiger partial charge is 0.318 e. The molecule has 3 N–H and O–H groups in total. The van der Waals surface area contributed by atoms with Crippen LogP contribution in [-0.2, 0) is 9.53 Å². The highest BCUT2D eigenvalue weighted by molar-refractivity contribution is 9.10. The van der Waals surface area contributed by atoms with Crippen molar-refractivity contribution in [3.63, 3.8) is 0 Å². The van der Waals surface area contributed by atoms with Crippen LogP contribution in [0.4, 0.5) is 4.79 Å². The molecule has 6 nitrogen and oxygen atoms in total. The van der Waals surface area contributed by atoms with E-state index >= 15 is 0 Å². The number of nitrogens with one attached hydrogen (secondary N) is 1. The Balaban J connectivity index is 2.01. The molecule has 1 heterocycles. The van der Waals surface area contributed by atoms with Crippen molar-refractivity contribution in [1.82, 2.24) is 10.2 Å². The standard InChI is InChI=1S/C14H18BrN3O3/c1-9(13(19)17-14(16)20)18-6-7-21-12(8-18)10-2-4-11(15)5-3-10/h2-5,9,12H,6-8H2,1H3,(H3,16,17,19,20)/t9-,12+/m1/s1. The number of imide groups is 1. The molecular formula is C14H18BrN3O3. The van der Waals surface area contributed by atoms with Crippen molar-refractivity contribution in [3.8, 4) is 0 Å². The highest BCUT2D eigenvalue weighted by Crippen LogP contribution is 2.24. The number of carbonyl (C=O) groups is 2. The van der Waals surface area contributed by atoms with Crippen molar-refractivity contribution in [1.29, 1.82) is 0 Å². The topological polar surface area (TPSA) is 84.7 Å². The van der Waals surface area contributed by atoms with Crippen molar-refractivity contribution in [2.24, 2.45) is 5.73 Å². The van der Waals surface area contributed by atoms with E-state index in [-0.39, 0.29) is 12.0 Å². The number of amides is 3. The second kappa shape index (κ2) is 7.02. The first kappa shape index (κ1) is 15.9. The molecule has 1 aromatic carbocycles. The summed E-state index contributed by atoms with van der Waals surface area (Å²) in [6, 6.07) is 6.64. The largest absolute Gasteiger partial charge is 0.371 e. The van der Waals surface area contributed by atoms with E-state index in [0.29, 0.717) is 19.7 Å². The number of benzene rings is 1. The molecule has 0 aromatic heterocycles. The van der Waals surface area contributed by atoms with Crippen LogP contribution in [0.3, 0.4) is 0 Å². The summed E-state index contributed by atoms with van der Waals surface area (Å²) in [4.78, 5) is 24.6. The summed E-state index contributed by atoms with van der Waals surface area (Å²) < 4.78 is 6.77. The first-order valence-electron chi connectivity index (χ1n) is 6.69. The number of hydrogen-bond acceptors (Lipinski definition) is 4. The molecule has 1 aliphatic rings. The van der Waals surface area contributed by atoms with Gasteiger partial charge in [0.1, 0.15) is 0 Å². The van der Waals surface area contributed by atoms with E-state index in [2.05, 4.69) is 21.2 Å². The second-order valence-electron chi connectivity index (χ2n) is 4.94. The van der Waals surface area contributed by atoms with Crippen LogP contribution >= 0.6 is 15.9 Å². The number of primary amides is 1. The third-order valence-corrected chi connectivity index (χ3v) is 4.04. The number of halogens is 1. The average molecular weight is 356 g/mol. The maximum atomic E-state index is 11.8. The van der Waals surface area contributed by atoms with Gasteiger partial charge in [-0.1, -0.05) is 28.1 Å². The molecule has 0 unspecified atom stereocenters. The molecule has 0 spiro atoms. The van der Waals surface area contributed by atoms with Crippen LogP contribution in [0.1, 0.15) is 18.6 Å². The first-order valence-corrected chi connectivity index (χ1v) is 7.48. The zero-order valence-corrected chi connectivity index (χ0v) is 13.3. The van der Waals surface area contributed by atoms with Crippen LogP contribution < -0.4 is 11.1 Å². The fraction of sp³-hybridized carbons (Fsp3) is 0.429. The lowest BCUT2D eigenvalue weighted by Crippen LogP contribution is -2.52. The third kappa shape index (κ3) is 4.26. The Kier molecular flexibility index (Phi) is 5.33. The zero-order chi connectivity index (χ0) is 15.4. The molecule has 0 radical (unpaired) electrons. The van der Waals surface area contributed by atoms with Crippen LogP contribution in [0.5, 0.6) is 0 Å². The summed E-state index contributed by atoms with van der Waals surface area (Å²) in [5.74, 6) is -0.390. The lowest BCUT2D eigenvalue weighted by atomic mass is 10.1. The Morgan fingerprint density at radius 2 is 2.10 bits per heavy atom. The van der Waals surface area contributed by atoms with Crippen molar-refractivity contribution in [2.75, 3.05) is 19.7 Å². The van der Waals surface area contributed by atoms with E-state index in [9.17, 15) is 9.59 Å². The van der Waals surface area contributed by atoms with Crippen molar-refractivity contribution in [3.05, 3.63) is 34.3 Å². The molecule has 2 rings (SSSR count). The van der Waals surface area contributed by atoms with Crippen molar-refractivity contribution >= 4 is 27.9 Å².